The summed E-state index contributed by atoms with van der Waals surface area (Å²) in [5, 5.41) is 0.751. The summed E-state index contributed by atoms with van der Waals surface area (Å²) in [4.78, 5) is 17.7. The zero-order valence-corrected chi connectivity index (χ0v) is 22.7. The van der Waals surface area contributed by atoms with Crippen LogP contribution in [-0.4, -0.2) is 71.9 Å². The summed E-state index contributed by atoms with van der Waals surface area (Å²) in [6.45, 7) is 5.42. The largest absolute Gasteiger partial charge is 0.462 e. The highest BCUT2D eigenvalue weighted by Crippen LogP contribution is 2.41. The first-order valence-electron chi connectivity index (χ1n) is 13.2. The maximum atomic E-state index is 13.8. The molecule has 1 aromatic carbocycles. The SMILES string of the molecule is CCO[C@@H]1C[C@@H](COc2nc(N3CCCCC3)c3cc(Cl)c(-c4nc(N)ccc4C(F)(F)F)cc3n2)N(C)C1. The van der Waals surface area contributed by atoms with Gasteiger partial charge in [-0.15, -0.1) is 0 Å². The van der Waals surface area contributed by atoms with Gasteiger partial charge >= 0.3 is 12.2 Å². The molecule has 4 heterocycles. The van der Waals surface area contributed by atoms with Crippen molar-refractivity contribution in [2.45, 2.75) is 50.9 Å². The van der Waals surface area contributed by atoms with Crippen LogP contribution in [0.2, 0.25) is 5.02 Å². The van der Waals surface area contributed by atoms with Gasteiger partial charge in [-0.2, -0.15) is 23.1 Å². The molecule has 39 heavy (non-hydrogen) atoms. The van der Waals surface area contributed by atoms with Crippen LogP contribution in [0, 0.1) is 0 Å². The highest BCUT2D eigenvalue weighted by atomic mass is 35.5. The average Bonchev–Trinajstić information content (AvgIpc) is 3.25. The number of alkyl halides is 3. The summed E-state index contributed by atoms with van der Waals surface area (Å²) < 4.78 is 53.4. The molecule has 3 aromatic rings. The van der Waals surface area contributed by atoms with E-state index in [1.165, 1.54) is 6.07 Å². The number of piperidine rings is 1. The van der Waals surface area contributed by atoms with Crippen molar-refractivity contribution >= 4 is 34.1 Å². The van der Waals surface area contributed by atoms with Gasteiger partial charge in [-0.3, -0.25) is 4.90 Å². The van der Waals surface area contributed by atoms with Crippen LogP contribution in [0.5, 0.6) is 6.01 Å². The first kappa shape index (κ1) is 27.7. The molecule has 2 aromatic heterocycles. The van der Waals surface area contributed by atoms with Gasteiger partial charge in [0.1, 0.15) is 18.2 Å². The summed E-state index contributed by atoms with van der Waals surface area (Å²) in [6.07, 6.45) is -0.502. The lowest BCUT2D eigenvalue weighted by Gasteiger charge is -2.29. The number of hydrogen-bond donors (Lipinski definition) is 1. The van der Waals surface area contributed by atoms with E-state index < -0.39 is 11.7 Å². The van der Waals surface area contributed by atoms with Crippen LogP contribution < -0.4 is 15.4 Å². The van der Waals surface area contributed by atoms with Gasteiger partial charge in [0.2, 0.25) is 0 Å². The summed E-state index contributed by atoms with van der Waals surface area (Å²) in [6, 6.07) is 5.47. The molecule has 0 unspecified atom stereocenters. The monoisotopic (exact) mass is 564 g/mol. The fourth-order valence-electron chi connectivity index (χ4n) is 5.36. The van der Waals surface area contributed by atoms with E-state index in [2.05, 4.69) is 19.8 Å². The van der Waals surface area contributed by atoms with E-state index in [-0.39, 0.29) is 40.3 Å². The number of aromatic nitrogens is 3. The lowest BCUT2D eigenvalue weighted by Crippen LogP contribution is -2.32. The molecule has 0 saturated carbocycles. The van der Waals surface area contributed by atoms with Crippen LogP contribution in [0.1, 0.15) is 38.2 Å². The second kappa shape index (κ2) is 11.3. The minimum Gasteiger partial charge on any atom is -0.462 e. The number of rotatable bonds is 7. The predicted octanol–water partition coefficient (Wildman–Crippen LogP) is 5.42. The molecular formula is C27H32ClF3N6O2. The zero-order chi connectivity index (χ0) is 27.7. The molecule has 2 fully saturated rings. The first-order valence-corrected chi connectivity index (χ1v) is 13.6. The number of nitrogen functional groups attached to an aromatic ring is 1. The Bertz CT molecular complexity index is 1340. The topological polar surface area (TPSA) is 89.6 Å². The Labute approximate surface area is 230 Å². The number of halogens is 4. The molecular weight excluding hydrogens is 533 g/mol. The molecule has 2 atom stereocenters. The molecule has 8 nitrogen and oxygen atoms in total. The van der Waals surface area contributed by atoms with E-state index in [9.17, 15) is 13.2 Å². The van der Waals surface area contributed by atoms with Gasteiger partial charge in [0.25, 0.3) is 0 Å². The summed E-state index contributed by atoms with van der Waals surface area (Å²) in [7, 11) is 2.03. The highest BCUT2D eigenvalue weighted by molar-refractivity contribution is 6.34. The number of benzene rings is 1. The van der Waals surface area contributed by atoms with Crippen molar-refractivity contribution in [2.24, 2.45) is 0 Å². The standard InChI is InChI=1S/C27H32ClF3N6O2/c1-3-38-17-11-16(36(2)14-17)15-39-26-33-22-13-18(24-20(27(29,30)31)7-8-23(32)34-24)21(28)12-19(22)25(35-26)37-9-5-4-6-10-37/h7-8,12-13,16-17H,3-6,9-11,14-15H2,1-2H3,(H2,32,34)/t16-,17+/m0/s1. The smallest absolute Gasteiger partial charge is 0.418 e. The van der Waals surface area contributed by atoms with Crippen LogP contribution in [0.15, 0.2) is 24.3 Å². The Morgan fingerprint density at radius 1 is 1.10 bits per heavy atom. The quantitative estimate of drug-likeness (QED) is 0.407. The van der Waals surface area contributed by atoms with Crippen molar-refractivity contribution in [1.29, 1.82) is 0 Å². The first-order chi connectivity index (χ1) is 18.6. The van der Waals surface area contributed by atoms with E-state index in [1.807, 2.05) is 14.0 Å². The maximum Gasteiger partial charge on any atom is 0.418 e. The third-order valence-electron chi connectivity index (χ3n) is 7.33. The van der Waals surface area contributed by atoms with Crippen molar-refractivity contribution in [3.05, 3.63) is 34.9 Å². The Morgan fingerprint density at radius 3 is 2.59 bits per heavy atom. The minimum absolute atomic E-state index is 0.0408. The van der Waals surface area contributed by atoms with Gasteiger partial charge in [0.15, 0.2) is 0 Å². The molecule has 0 aliphatic carbocycles. The minimum atomic E-state index is -4.64. The molecule has 2 aliphatic heterocycles. The number of likely N-dealkylation sites (N-methyl/N-ethyl adjacent to an activating group) is 1. The van der Waals surface area contributed by atoms with Crippen molar-refractivity contribution < 1.29 is 22.6 Å². The van der Waals surface area contributed by atoms with Gasteiger partial charge in [-0.1, -0.05) is 11.6 Å². The van der Waals surface area contributed by atoms with Crippen molar-refractivity contribution in [1.82, 2.24) is 19.9 Å². The fourth-order valence-corrected chi connectivity index (χ4v) is 5.62. The van der Waals surface area contributed by atoms with E-state index >= 15 is 0 Å². The van der Waals surface area contributed by atoms with Crippen LogP contribution >= 0.6 is 11.6 Å². The third kappa shape index (κ3) is 6.00. The number of ether oxygens (including phenoxy) is 2. The predicted molar refractivity (Wildman–Crippen MR) is 145 cm³/mol. The summed E-state index contributed by atoms with van der Waals surface area (Å²) in [5.74, 6) is 0.618. The molecule has 2 aliphatic rings. The number of likely N-dealkylation sites (tertiary alicyclic amines) is 1. The highest BCUT2D eigenvalue weighted by Gasteiger charge is 2.35. The number of nitrogens with zero attached hydrogens (tertiary/aromatic N) is 5. The maximum absolute atomic E-state index is 13.8. The van der Waals surface area contributed by atoms with Gasteiger partial charge < -0.3 is 20.1 Å². The average molecular weight is 565 g/mol. The zero-order valence-electron chi connectivity index (χ0n) is 22.0. The molecule has 12 heteroatoms. The van der Waals surface area contributed by atoms with Gasteiger partial charge in [-0.25, -0.2) is 4.98 Å². The molecule has 5 rings (SSSR count). The molecule has 0 radical (unpaired) electrons. The van der Waals surface area contributed by atoms with Gasteiger partial charge in [0, 0.05) is 43.2 Å². The Kier molecular flexibility index (Phi) is 8.02. The number of anilines is 2. The van der Waals surface area contributed by atoms with Crippen LogP contribution in [-0.2, 0) is 10.9 Å². The lowest BCUT2D eigenvalue weighted by molar-refractivity contribution is -0.137. The van der Waals surface area contributed by atoms with E-state index in [1.54, 1.807) is 6.07 Å². The Morgan fingerprint density at radius 2 is 1.87 bits per heavy atom. The number of fused-ring (bicyclic) bond motifs is 1. The third-order valence-corrected chi connectivity index (χ3v) is 7.65. The molecule has 0 spiro atoms. The number of pyridine rings is 1. The van der Waals surface area contributed by atoms with Crippen molar-refractivity contribution in [3.63, 3.8) is 0 Å². The summed E-state index contributed by atoms with van der Waals surface area (Å²) in [5.41, 5.74) is 5.01. The number of nitrogens with two attached hydrogens (primary N) is 1. The Balaban J connectivity index is 1.55. The second-order valence-electron chi connectivity index (χ2n) is 10.1. The van der Waals surface area contributed by atoms with Crippen LogP contribution in [0.3, 0.4) is 0 Å². The normalized spacial score (nSPS) is 20.6. The summed E-state index contributed by atoms with van der Waals surface area (Å²) >= 11 is 6.59. The van der Waals surface area contributed by atoms with Crippen LogP contribution in [0.25, 0.3) is 22.2 Å². The number of hydrogen-bond acceptors (Lipinski definition) is 8. The lowest BCUT2D eigenvalue weighted by atomic mass is 10.0. The van der Waals surface area contributed by atoms with Crippen molar-refractivity contribution in [2.75, 3.05) is 50.5 Å². The van der Waals surface area contributed by atoms with Crippen molar-refractivity contribution in [3.8, 4) is 17.3 Å². The van der Waals surface area contributed by atoms with E-state index in [0.717, 1.165) is 57.5 Å². The Hall–Kier alpha value is -2.89. The van der Waals surface area contributed by atoms with Gasteiger partial charge in [0.05, 0.1) is 27.9 Å². The van der Waals surface area contributed by atoms with E-state index in [0.29, 0.717) is 29.9 Å². The van der Waals surface area contributed by atoms with Crippen LogP contribution in [0.4, 0.5) is 24.8 Å². The second-order valence-corrected chi connectivity index (χ2v) is 10.5. The van der Waals surface area contributed by atoms with Gasteiger partial charge in [-0.05, 0) is 63.9 Å². The molecule has 2 N–H and O–H groups in total. The fraction of sp³-hybridized carbons (Fsp3) is 0.519. The molecule has 210 valence electrons. The van der Waals surface area contributed by atoms with E-state index in [4.69, 9.17) is 31.8 Å². The molecule has 0 bridgehead atoms. The molecule has 2 saturated heterocycles. The molecule has 0 amide bonds.